The van der Waals surface area contributed by atoms with Gasteiger partial charge < -0.3 is 10.1 Å². The van der Waals surface area contributed by atoms with Crippen molar-refractivity contribution in [1.82, 2.24) is 0 Å². The van der Waals surface area contributed by atoms with E-state index in [-0.39, 0.29) is 16.3 Å². The van der Waals surface area contributed by atoms with Crippen LogP contribution in [0.25, 0.3) is 0 Å². The molecule has 0 saturated carbocycles. The number of hydrogen-bond donors (Lipinski definition) is 1. The summed E-state index contributed by atoms with van der Waals surface area (Å²) in [5.74, 6) is -5.96. The molecule has 2 aromatic carbocycles. The van der Waals surface area contributed by atoms with Gasteiger partial charge in [0.25, 0.3) is 5.91 Å². The number of amides is 1. The van der Waals surface area contributed by atoms with Gasteiger partial charge in [-0.25, -0.2) is 17.6 Å². The molecule has 0 radical (unpaired) electrons. The molecule has 11 heteroatoms. The van der Waals surface area contributed by atoms with Crippen LogP contribution in [0.3, 0.4) is 0 Å². The molecule has 0 unspecified atom stereocenters. The van der Waals surface area contributed by atoms with Crippen LogP contribution in [0.4, 0.5) is 18.9 Å². The molecular weight excluding hydrogens is 411 g/mol. The molecule has 27 heavy (non-hydrogen) atoms. The summed E-state index contributed by atoms with van der Waals surface area (Å²) in [6.07, 6.45) is 0. The third kappa shape index (κ3) is 5.20. The Bertz CT molecular complexity index is 965. The fourth-order valence-corrected chi connectivity index (χ4v) is 2.77. The molecule has 0 bridgehead atoms. The molecule has 0 saturated heterocycles. The monoisotopic (exact) mass is 421 g/mol. The van der Waals surface area contributed by atoms with Crippen LogP contribution in [0.2, 0.25) is 5.02 Å². The lowest BCUT2D eigenvalue weighted by molar-refractivity contribution is -0.119. The van der Waals surface area contributed by atoms with Crippen LogP contribution in [0.1, 0.15) is 10.4 Å². The molecule has 0 aromatic heterocycles. The normalized spacial score (nSPS) is 11.3. The number of halogens is 4. The Morgan fingerprint density at radius 2 is 1.74 bits per heavy atom. The number of carbonyl (C=O) groups excluding carboxylic acids is 2. The molecule has 1 N–H and O–H groups in total. The molecule has 2 aromatic rings. The van der Waals surface area contributed by atoms with Crippen LogP contribution in [0, 0.1) is 5.82 Å². The maximum Gasteiger partial charge on any atom is 0.341 e. The highest BCUT2D eigenvalue weighted by atomic mass is 35.5. The number of carbonyl (C=O) groups is 2. The summed E-state index contributed by atoms with van der Waals surface area (Å²) in [7, 11) is -4.77. The van der Waals surface area contributed by atoms with E-state index in [0.29, 0.717) is 0 Å². The van der Waals surface area contributed by atoms with Crippen molar-refractivity contribution in [2.24, 2.45) is 0 Å². The third-order valence-electron chi connectivity index (χ3n) is 3.19. The topological polar surface area (TPSA) is 89.5 Å². The highest BCUT2D eigenvalue weighted by Crippen LogP contribution is 2.20. The van der Waals surface area contributed by atoms with Crippen LogP contribution in [-0.4, -0.2) is 32.7 Å². The fourth-order valence-electron chi connectivity index (χ4n) is 1.87. The Kier molecular flexibility index (Phi) is 6.45. The number of esters is 1. The Balaban J connectivity index is 1.95. The lowest BCUT2D eigenvalue weighted by Crippen LogP contribution is -2.21. The first kappa shape index (κ1) is 20.7. The van der Waals surface area contributed by atoms with E-state index < -0.39 is 44.8 Å². The predicted molar refractivity (Wildman–Crippen MR) is 90.0 cm³/mol. The van der Waals surface area contributed by atoms with Crippen LogP contribution < -0.4 is 5.32 Å². The Hall–Kier alpha value is -2.59. The summed E-state index contributed by atoms with van der Waals surface area (Å²) in [6.45, 7) is -0.690. The van der Waals surface area contributed by atoms with Crippen LogP contribution in [0.15, 0.2) is 47.4 Å². The number of benzene rings is 2. The zero-order chi connectivity index (χ0) is 20.2. The van der Waals surface area contributed by atoms with Crippen molar-refractivity contribution in [3.8, 4) is 0 Å². The first-order valence-corrected chi connectivity index (χ1v) is 9.08. The van der Waals surface area contributed by atoms with Gasteiger partial charge in [0.05, 0.1) is 15.5 Å². The van der Waals surface area contributed by atoms with Crippen LogP contribution in [-0.2, 0) is 19.4 Å². The van der Waals surface area contributed by atoms with Gasteiger partial charge in [-0.3, -0.25) is 4.79 Å². The first-order chi connectivity index (χ1) is 12.6. The average Bonchev–Trinajstić information content (AvgIpc) is 2.62. The molecule has 6 nitrogen and oxygen atoms in total. The molecule has 0 aliphatic heterocycles. The lowest BCUT2D eigenvalue weighted by Gasteiger charge is -2.08. The summed E-state index contributed by atoms with van der Waals surface area (Å²) in [5.41, 5.74) is 0.0462. The molecule has 144 valence electrons. The summed E-state index contributed by atoms with van der Waals surface area (Å²) in [5, 5.41) is 2.12. The number of alkyl halides is 2. The quantitative estimate of drug-likeness (QED) is 0.723. The molecule has 0 atom stereocenters. The molecule has 0 aliphatic carbocycles. The highest BCUT2D eigenvalue weighted by Gasteiger charge is 2.26. The fraction of sp³-hybridized carbons (Fsp3) is 0.125. The highest BCUT2D eigenvalue weighted by molar-refractivity contribution is 7.91. The molecule has 0 fully saturated rings. The zero-order valence-corrected chi connectivity index (χ0v) is 14.9. The van der Waals surface area contributed by atoms with E-state index in [4.69, 9.17) is 16.3 Å². The van der Waals surface area contributed by atoms with E-state index in [2.05, 4.69) is 5.32 Å². The summed E-state index contributed by atoms with van der Waals surface area (Å²) in [4.78, 5) is 22.9. The van der Waals surface area contributed by atoms with E-state index >= 15 is 0 Å². The SMILES string of the molecule is O=C(COC(=O)c1ccc(S(=O)(=O)C(F)F)cc1)Nc1ccc(F)c(Cl)c1. The Morgan fingerprint density at radius 1 is 1.11 bits per heavy atom. The Labute approximate surface area is 156 Å². The maximum atomic E-state index is 13.0. The Morgan fingerprint density at radius 3 is 2.30 bits per heavy atom. The van der Waals surface area contributed by atoms with Crippen molar-refractivity contribution in [2.45, 2.75) is 10.7 Å². The number of hydrogen-bond acceptors (Lipinski definition) is 5. The van der Waals surface area contributed by atoms with Gasteiger partial charge >= 0.3 is 11.7 Å². The molecule has 0 aliphatic rings. The predicted octanol–water partition coefficient (Wildman–Crippen LogP) is 3.27. The van der Waals surface area contributed by atoms with Gasteiger partial charge in [-0.1, -0.05) is 11.6 Å². The zero-order valence-electron chi connectivity index (χ0n) is 13.3. The van der Waals surface area contributed by atoms with Crippen LogP contribution >= 0.6 is 11.6 Å². The van der Waals surface area contributed by atoms with Crippen LogP contribution in [0.5, 0.6) is 0 Å². The number of ether oxygens (including phenoxy) is 1. The second kappa shape index (κ2) is 8.40. The average molecular weight is 422 g/mol. The van der Waals surface area contributed by atoms with Gasteiger partial charge in [-0.15, -0.1) is 0 Å². The maximum absolute atomic E-state index is 13.0. The molecule has 2 rings (SSSR count). The standard InChI is InChI=1S/C16H11ClF3NO5S/c17-12-7-10(3-6-13(12)18)21-14(22)8-26-15(23)9-1-4-11(5-2-9)27(24,25)16(19)20/h1-7,16H,8H2,(H,21,22). The van der Waals surface area contributed by atoms with Crippen molar-refractivity contribution < 1.29 is 35.9 Å². The summed E-state index contributed by atoms with van der Waals surface area (Å²) < 4.78 is 65.2. The van der Waals surface area contributed by atoms with E-state index in [1.54, 1.807) is 0 Å². The van der Waals surface area contributed by atoms with Gasteiger partial charge in [0.15, 0.2) is 6.61 Å². The molecule has 0 heterocycles. The van der Waals surface area contributed by atoms with E-state index in [1.165, 1.54) is 12.1 Å². The van der Waals surface area contributed by atoms with Gasteiger partial charge in [0.1, 0.15) is 5.82 Å². The minimum Gasteiger partial charge on any atom is -0.452 e. The van der Waals surface area contributed by atoms with Crippen molar-refractivity contribution >= 4 is 39.0 Å². The molecule has 1 amide bonds. The minimum absolute atomic E-state index is 0.138. The van der Waals surface area contributed by atoms with Gasteiger partial charge in [0.2, 0.25) is 9.84 Å². The first-order valence-electron chi connectivity index (χ1n) is 7.15. The van der Waals surface area contributed by atoms with Crippen molar-refractivity contribution in [1.29, 1.82) is 0 Å². The second-order valence-electron chi connectivity index (χ2n) is 5.08. The van der Waals surface area contributed by atoms with Crippen molar-refractivity contribution in [2.75, 3.05) is 11.9 Å². The van der Waals surface area contributed by atoms with Gasteiger partial charge in [-0.2, -0.15) is 8.78 Å². The lowest BCUT2D eigenvalue weighted by atomic mass is 10.2. The van der Waals surface area contributed by atoms with Gasteiger partial charge in [-0.05, 0) is 42.5 Å². The van der Waals surface area contributed by atoms with Crippen molar-refractivity contribution in [3.05, 3.63) is 58.9 Å². The van der Waals surface area contributed by atoms with E-state index in [9.17, 15) is 31.2 Å². The largest absolute Gasteiger partial charge is 0.452 e. The number of sulfone groups is 1. The number of rotatable bonds is 6. The van der Waals surface area contributed by atoms with Crippen molar-refractivity contribution in [3.63, 3.8) is 0 Å². The van der Waals surface area contributed by atoms with E-state index in [1.807, 2.05) is 0 Å². The molecule has 0 spiro atoms. The number of nitrogens with one attached hydrogen (secondary N) is 1. The second-order valence-corrected chi connectivity index (χ2v) is 7.41. The third-order valence-corrected chi connectivity index (χ3v) is 4.88. The molecular formula is C16H11ClF3NO5S. The number of anilines is 1. The van der Waals surface area contributed by atoms with E-state index in [0.717, 1.165) is 30.3 Å². The summed E-state index contributed by atoms with van der Waals surface area (Å²) in [6, 6.07) is 7.09. The summed E-state index contributed by atoms with van der Waals surface area (Å²) >= 11 is 5.57. The van der Waals surface area contributed by atoms with Gasteiger partial charge in [0, 0.05) is 5.69 Å². The minimum atomic E-state index is -4.77. The smallest absolute Gasteiger partial charge is 0.341 e.